The molecule has 4 nitrogen and oxygen atoms in total. The van der Waals surface area contributed by atoms with Crippen LogP contribution >= 0.6 is 0 Å². The number of benzene rings is 4. The van der Waals surface area contributed by atoms with Crippen LogP contribution in [0.3, 0.4) is 0 Å². The summed E-state index contributed by atoms with van der Waals surface area (Å²) in [5.74, 6) is 0.00952. The average Bonchev–Trinajstić information content (AvgIpc) is 2.89. The minimum atomic E-state index is -4.48. The van der Waals surface area contributed by atoms with Gasteiger partial charge in [0, 0.05) is 5.56 Å². The number of nitrogens with one attached hydrogen (secondary N) is 1. The van der Waals surface area contributed by atoms with E-state index < -0.39 is 35.6 Å². The van der Waals surface area contributed by atoms with E-state index in [1.165, 1.54) is 36.4 Å². The van der Waals surface area contributed by atoms with Gasteiger partial charge < -0.3 is 15.2 Å². The first-order chi connectivity index (χ1) is 17.7. The van der Waals surface area contributed by atoms with Crippen LogP contribution in [0, 0.1) is 5.82 Å². The molecular formula is C29H23F4NO3. The normalized spacial score (nSPS) is 13.0. The van der Waals surface area contributed by atoms with Crippen molar-refractivity contribution in [3.05, 3.63) is 131 Å². The lowest BCUT2D eigenvalue weighted by molar-refractivity contribution is -0.137. The molecule has 0 aromatic heterocycles. The highest BCUT2D eigenvalue weighted by atomic mass is 19.4. The van der Waals surface area contributed by atoms with Crippen LogP contribution in [0.15, 0.2) is 103 Å². The molecule has 0 aliphatic rings. The molecule has 2 N–H and O–H groups in total. The molecule has 0 saturated heterocycles. The van der Waals surface area contributed by atoms with E-state index in [1.54, 1.807) is 36.4 Å². The minimum Gasteiger partial charge on any atom is -0.457 e. The van der Waals surface area contributed by atoms with Crippen molar-refractivity contribution in [3.63, 3.8) is 0 Å². The van der Waals surface area contributed by atoms with Crippen LogP contribution in [0.4, 0.5) is 17.6 Å². The standard InChI is InChI=1S/C29H23F4NO3/c30-23-15-11-20(12-16-23)27(35)26(17-19-9-13-22(14-10-19)29(31,32)33)34-28(36)21-5-4-8-25(18-21)37-24-6-2-1-3-7-24/h1-16,18,26-27,35H,17H2,(H,34,36). The van der Waals surface area contributed by atoms with Crippen molar-refractivity contribution < 1.29 is 32.2 Å². The van der Waals surface area contributed by atoms with E-state index in [2.05, 4.69) is 5.32 Å². The van der Waals surface area contributed by atoms with E-state index in [0.717, 1.165) is 12.1 Å². The van der Waals surface area contributed by atoms with Gasteiger partial charge in [-0.25, -0.2) is 4.39 Å². The molecule has 37 heavy (non-hydrogen) atoms. The van der Waals surface area contributed by atoms with Gasteiger partial charge in [-0.2, -0.15) is 13.2 Å². The van der Waals surface area contributed by atoms with E-state index in [0.29, 0.717) is 22.6 Å². The van der Waals surface area contributed by atoms with Crippen molar-refractivity contribution in [2.45, 2.75) is 24.7 Å². The Morgan fingerprint density at radius 1 is 0.838 bits per heavy atom. The topological polar surface area (TPSA) is 58.6 Å². The third kappa shape index (κ3) is 6.95. The zero-order chi connectivity index (χ0) is 26.4. The van der Waals surface area contributed by atoms with E-state index in [1.807, 2.05) is 18.2 Å². The molecule has 0 aliphatic heterocycles. The van der Waals surface area contributed by atoms with Gasteiger partial charge in [0.25, 0.3) is 5.91 Å². The van der Waals surface area contributed by atoms with Crippen molar-refractivity contribution in [3.8, 4) is 11.5 Å². The number of amides is 1. The van der Waals surface area contributed by atoms with E-state index >= 15 is 0 Å². The first-order valence-electron chi connectivity index (χ1n) is 11.4. The molecule has 0 spiro atoms. The number of ether oxygens (including phenoxy) is 1. The Kier molecular flexibility index (Phi) is 7.89. The maximum absolute atomic E-state index is 13.4. The smallest absolute Gasteiger partial charge is 0.416 e. The van der Waals surface area contributed by atoms with Crippen molar-refractivity contribution >= 4 is 5.91 Å². The number of halogens is 4. The molecule has 0 aliphatic carbocycles. The largest absolute Gasteiger partial charge is 0.457 e. The van der Waals surface area contributed by atoms with Crippen LogP contribution < -0.4 is 10.1 Å². The maximum Gasteiger partial charge on any atom is 0.416 e. The van der Waals surface area contributed by atoms with Gasteiger partial charge in [0.15, 0.2) is 0 Å². The third-order valence-electron chi connectivity index (χ3n) is 5.72. The predicted molar refractivity (Wildman–Crippen MR) is 131 cm³/mol. The van der Waals surface area contributed by atoms with Crippen LogP contribution in [0.2, 0.25) is 0 Å². The summed E-state index contributed by atoms with van der Waals surface area (Å²) in [6.45, 7) is 0. The van der Waals surface area contributed by atoms with Crippen molar-refractivity contribution in [2.24, 2.45) is 0 Å². The number of aliphatic hydroxyl groups is 1. The summed E-state index contributed by atoms with van der Waals surface area (Å²) >= 11 is 0. The fraction of sp³-hybridized carbons (Fsp3) is 0.138. The number of rotatable bonds is 8. The Labute approximate surface area is 211 Å². The van der Waals surface area contributed by atoms with E-state index in [4.69, 9.17) is 4.74 Å². The Morgan fingerprint density at radius 2 is 1.49 bits per heavy atom. The van der Waals surface area contributed by atoms with Gasteiger partial charge in [0.05, 0.1) is 17.7 Å². The summed E-state index contributed by atoms with van der Waals surface area (Å²) in [5, 5.41) is 13.8. The van der Waals surface area contributed by atoms with Crippen molar-refractivity contribution in [2.75, 3.05) is 0 Å². The van der Waals surface area contributed by atoms with Gasteiger partial charge in [0.1, 0.15) is 17.3 Å². The molecule has 4 aromatic rings. The highest BCUT2D eigenvalue weighted by Gasteiger charge is 2.30. The van der Waals surface area contributed by atoms with Gasteiger partial charge in [-0.3, -0.25) is 4.79 Å². The first-order valence-corrected chi connectivity index (χ1v) is 11.4. The van der Waals surface area contributed by atoms with Crippen LogP contribution in [0.5, 0.6) is 11.5 Å². The molecule has 4 aromatic carbocycles. The molecule has 0 heterocycles. The lowest BCUT2D eigenvalue weighted by Crippen LogP contribution is -2.41. The lowest BCUT2D eigenvalue weighted by atomic mass is 9.95. The highest BCUT2D eigenvalue weighted by Crippen LogP contribution is 2.30. The van der Waals surface area contributed by atoms with E-state index in [9.17, 15) is 27.5 Å². The van der Waals surface area contributed by atoms with Crippen LogP contribution in [0.1, 0.15) is 33.2 Å². The Bertz CT molecular complexity index is 1320. The molecule has 190 valence electrons. The van der Waals surface area contributed by atoms with Gasteiger partial charge in [-0.1, -0.05) is 48.5 Å². The molecule has 0 saturated carbocycles. The molecular weight excluding hydrogens is 486 g/mol. The highest BCUT2D eigenvalue weighted by molar-refractivity contribution is 5.94. The average molecular weight is 509 g/mol. The Hall–Kier alpha value is -4.17. The summed E-state index contributed by atoms with van der Waals surface area (Å²) in [6.07, 6.45) is -5.70. The summed E-state index contributed by atoms with van der Waals surface area (Å²) in [6, 6.07) is 24.2. The van der Waals surface area contributed by atoms with Crippen LogP contribution in [-0.2, 0) is 12.6 Å². The maximum atomic E-state index is 13.4. The Morgan fingerprint density at radius 3 is 2.14 bits per heavy atom. The summed E-state index contributed by atoms with van der Waals surface area (Å²) < 4.78 is 58.1. The molecule has 4 rings (SSSR count). The summed E-state index contributed by atoms with van der Waals surface area (Å²) in [7, 11) is 0. The van der Waals surface area contributed by atoms with Crippen molar-refractivity contribution in [1.82, 2.24) is 5.32 Å². The number of hydrogen-bond acceptors (Lipinski definition) is 3. The van der Waals surface area contributed by atoms with Crippen LogP contribution in [0.25, 0.3) is 0 Å². The van der Waals surface area contributed by atoms with Crippen molar-refractivity contribution in [1.29, 1.82) is 0 Å². The molecule has 0 fully saturated rings. The minimum absolute atomic E-state index is 0.0304. The molecule has 0 radical (unpaired) electrons. The molecule has 1 amide bonds. The zero-order valence-electron chi connectivity index (χ0n) is 19.5. The fourth-order valence-corrected chi connectivity index (χ4v) is 3.79. The second-order valence-electron chi connectivity index (χ2n) is 8.42. The van der Waals surface area contributed by atoms with Gasteiger partial charge in [-0.05, 0) is 72.1 Å². The first kappa shape index (κ1) is 25.9. The zero-order valence-corrected chi connectivity index (χ0v) is 19.5. The molecule has 2 atom stereocenters. The second kappa shape index (κ2) is 11.3. The van der Waals surface area contributed by atoms with Gasteiger partial charge in [0.2, 0.25) is 0 Å². The number of aliphatic hydroxyl groups excluding tert-OH is 1. The SMILES string of the molecule is O=C(NC(Cc1ccc(C(F)(F)F)cc1)C(O)c1ccc(F)cc1)c1cccc(Oc2ccccc2)c1. The summed E-state index contributed by atoms with van der Waals surface area (Å²) in [4.78, 5) is 13.1. The second-order valence-corrected chi connectivity index (χ2v) is 8.42. The molecule has 8 heteroatoms. The number of carbonyl (C=O) groups is 1. The quantitative estimate of drug-likeness (QED) is 0.260. The molecule has 0 bridgehead atoms. The van der Waals surface area contributed by atoms with Gasteiger partial charge >= 0.3 is 6.18 Å². The Balaban J connectivity index is 1.56. The number of para-hydroxylation sites is 1. The van der Waals surface area contributed by atoms with Gasteiger partial charge in [-0.15, -0.1) is 0 Å². The number of carbonyl (C=O) groups excluding carboxylic acids is 1. The fourth-order valence-electron chi connectivity index (χ4n) is 3.79. The monoisotopic (exact) mass is 509 g/mol. The summed E-state index contributed by atoms with van der Waals surface area (Å²) in [5.41, 5.74) is 0.281. The molecule has 2 unspecified atom stereocenters. The number of hydrogen-bond donors (Lipinski definition) is 2. The number of alkyl halides is 3. The predicted octanol–water partition coefficient (Wildman–Crippen LogP) is 6.71. The van der Waals surface area contributed by atoms with Crippen LogP contribution in [-0.4, -0.2) is 17.1 Å². The lowest BCUT2D eigenvalue weighted by Gasteiger charge is -2.25. The third-order valence-corrected chi connectivity index (χ3v) is 5.72. The van der Waals surface area contributed by atoms with E-state index in [-0.39, 0.29) is 12.0 Å².